The summed E-state index contributed by atoms with van der Waals surface area (Å²) >= 11 is 0. The van der Waals surface area contributed by atoms with E-state index in [0.29, 0.717) is 13.1 Å². The first-order valence-electron chi connectivity index (χ1n) is 6.04. The Hall–Kier alpha value is -0.770. The van der Waals surface area contributed by atoms with Gasteiger partial charge in [-0.15, -0.1) is 0 Å². The van der Waals surface area contributed by atoms with Crippen LogP contribution in [0.4, 0.5) is 4.79 Å². The summed E-state index contributed by atoms with van der Waals surface area (Å²) in [6.07, 6.45) is 1.96. The van der Waals surface area contributed by atoms with Gasteiger partial charge in [0.15, 0.2) is 0 Å². The van der Waals surface area contributed by atoms with E-state index in [4.69, 9.17) is 5.73 Å². The van der Waals surface area contributed by atoms with Crippen LogP contribution in [-0.2, 0) is 0 Å². The Morgan fingerprint density at radius 3 is 2.00 bits per heavy atom. The first-order chi connectivity index (χ1) is 7.28. The molecule has 0 bridgehead atoms. The SMILES string of the molecule is CCC(CC)(CN)CNC(=O)NC(C)(C)C. The van der Waals surface area contributed by atoms with Crippen molar-refractivity contribution in [3.05, 3.63) is 0 Å². The van der Waals surface area contributed by atoms with Crippen molar-refractivity contribution in [2.75, 3.05) is 13.1 Å². The van der Waals surface area contributed by atoms with Gasteiger partial charge in [0.2, 0.25) is 0 Å². The zero-order valence-corrected chi connectivity index (χ0v) is 11.3. The number of nitrogens with one attached hydrogen (secondary N) is 2. The van der Waals surface area contributed by atoms with Crippen molar-refractivity contribution in [1.29, 1.82) is 0 Å². The van der Waals surface area contributed by atoms with E-state index in [0.717, 1.165) is 12.8 Å². The van der Waals surface area contributed by atoms with E-state index >= 15 is 0 Å². The molecule has 16 heavy (non-hydrogen) atoms. The first kappa shape index (κ1) is 15.2. The summed E-state index contributed by atoms with van der Waals surface area (Å²) in [6.45, 7) is 11.3. The third-order valence-electron chi connectivity index (χ3n) is 3.05. The lowest BCUT2D eigenvalue weighted by atomic mass is 9.82. The summed E-state index contributed by atoms with van der Waals surface area (Å²) in [7, 11) is 0. The van der Waals surface area contributed by atoms with Gasteiger partial charge < -0.3 is 16.4 Å². The monoisotopic (exact) mass is 229 g/mol. The summed E-state index contributed by atoms with van der Waals surface area (Å²) in [5, 5.41) is 5.78. The molecule has 96 valence electrons. The Balaban J connectivity index is 4.17. The van der Waals surface area contributed by atoms with Crippen LogP contribution in [0.15, 0.2) is 0 Å². The zero-order chi connectivity index (χ0) is 12.8. The number of hydrogen-bond acceptors (Lipinski definition) is 2. The largest absolute Gasteiger partial charge is 0.338 e. The molecule has 4 N–H and O–H groups in total. The van der Waals surface area contributed by atoms with Gasteiger partial charge in [-0.2, -0.15) is 0 Å². The van der Waals surface area contributed by atoms with Gasteiger partial charge in [-0.3, -0.25) is 0 Å². The molecule has 0 aliphatic rings. The van der Waals surface area contributed by atoms with Crippen LogP contribution >= 0.6 is 0 Å². The number of carbonyl (C=O) groups excluding carboxylic acids is 1. The van der Waals surface area contributed by atoms with Gasteiger partial charge in [-0.05, 0) is 45.6 Å². The molecule has 0 rings (SSSR count). The molecule has 0 aromatic heterocycles. The minimum atomic E-state index is -0.201. The Morgan fingerprint density at radius 1 is 1.19 bits per heavy atom. The molecule has 0 aliphatic carbocycles. The van der Waals surface area contributed by atoms with Crippen molar-refractivity contribution in [1.82, 2.24) is 10.6 Å². The molecule has 0 spiro atoms. The van der Waals surface area contributed by atoms with Gasteiger partial charge in [-0.25, -0.2) is 4.79 Å². The molecule has 0 unspecified atom stereocenters. The number of hydrogen-bond donors (Lipinski definition) is 3. The highest BCUT2D eigenvalue weighted by molar-refractivity contribution is 5.74. The highest BCUT2D eigenvalue weighted by Gasteiger charge is 2.25. The average Bonchev–Trinajstić information content (AvgIpc) is 2.18. The maximum atomic E-state index is 11.6. The maximum Gasteiger partial charge on any atom is 0.315 e. The Kier molecular flexibility index (Phi) is 5.79. The van der Waals surface area contributed by atoms with Crippen LogP contribution in [0, 0.1) is 5.41 Å². The smallest absolute Gasteiger partial charge is 0.315 e. The molecule has 0 aromatic rings. The second kappa shape index (κ2) is 6.09. The highest BCUT2D eigenvalue weighted by Crippen LogP contribution is 2.23. The van der Waals surface area contributed by atoms with Crippen LogP contribution < -0.4 is 16.4 Å². The van der Waals surface area contributed by atoms with Crippen molar-refractivity contribution < 1.29 is 4.79 Å². The summed E-state index contributed by atoms with van der Waals surface area (Å²) in [6, 6.07) is -0.118. The van der Waals surface area contributed by atoms with E-state index in [1.807, 2.05) is 20.8 Å². The van der Waals surface area contributed by atoms with E-state index in [1.54, 1.807) is 0 Å². The Morgan fingerprint density at radius 2 is 1.69 bits per heavy atom. The lowest BCUT2D eigenvalue weighted by molar-refractivity contribution is 0.215. The fraction of sp³-hybridized carbons (Fsp3) is 0.917. The van der Waals surface area contributed by atoms with Crippen molar-refractivity contribution in [2.45, 2.75) is 53.0 Å². The molecular weight excluding hydrogens is 202 g/mol. The van der Waals surface area contributed by atoms with Gasteiger partial charge >= 0.3 is 6.03 Å². The fourth-order valence-electron chi connectivity index (χ4n) is 1.51. The molecule has 4 nitrogen and oxygen atoms in total. The standard InChI is InChI=1S/C12H27N3O/c1-6-12(7-2,8-13)9-14-10(16)15-11(3,4)5/h6-9,13H2,1-5H3,(H2,14,15,16). The van der Waals surface area contributed by atoms with Gasteiger partial charge in [0, 0.05) is 12.1 Å². The van der Waals surface area contributed by atoms with E-state index in [9.17, 15) is 4.79 Å². The van der Waals surface area contributed by atoms with Crippen LogP contribution in [0.25, 0.3) is 0 Å². The Bertz CT molecular complexity index is 209. The van der Waals surface area contributed by atoms with Crippen LogP contribution in [0.3, 0.4) is 0 Å². The van der Waals surface area contributed by atoms with E-state index in [1.165, 1.54) is 0 Å². The van der Waals surface area contributed by atoms with Gasteiger partial charge in [-0.1, -0.05) is 13.8 Å². The topological polar surface area (TPSA) is 67.1 Å². The van der Waals surface area contributed by atoms with Crippen molar-refractivity contribution >= 4 is 6.03 Å². The first-order valence-corrected chi connectivity index (χ1v) is 6.04. The van der Waals surface area contributed by atoms with Gasteiger partial charge in [0.05, 0.1) is 0 Å². The minimum Gasteiger partial charge on any atom is -0.338 e. The molecule has 0 aromatic carbocycles. The zero-order valence-electron chi connectivity index (χ0n) is 11.3. The number of amides is 2. The molecule has 0 heterocycles. The van der Waals surface area contributed by atoms with E-state index < -0.39 is 0 Å². The van der Waals surface area contributed by atoms with Crippen LogP contribution in [-0.4, -0.2) is 24.7 Å². The molecule has 0 fully saturated rings. The summed E-state index contributed by atoms with van der Waals surface area (Å²) in [5.41, 5.74) is 5.61. The van der Waals surface area contributed by atoms with Crippen molar-refractivity contribution in [2.24, 2.45) is 11.1 Å². The molecule has 0 saturated carbocycles. The van der Waals surface area contributed by atoms with E-state index in [-0.39, 0.29) is 17.0 Å². The molecule has 2 amide bonds. The molecule has 0 saturated heterocycles. The number of nitrogens with two attached hydrogens (primary N) is 1. The summed E-state index contributed by atoms with van der Waals surface area (Å²) in [5.74, 6) is 0. The molecular formula is C12H27N3O. The van der Waals surface area contributed by atoms with Gasteiger partial charge in [0.25, 0.3) is 0 Å². The lowest BCUT2D eigenvalue weighted by Crippen LogP contribution is -2.50. The van der Waals surface area contributed by atoms with Gasteiger partial charge in [0.1, 0.15) is 0 Å². The number of carbonyl (C=O) groups is 1. The highest BCUT2D eigenvalue weighted by atomic mass is 16.2. The normalized spacial score (nSPS) is 12.4. The quantitative estimate of drug-likeness (QED) is 0.673. The Labute approximate surface area is 99.4 Å². The van der Waals surface area contributed by atoms with Crippen molar-refractivity contribution in [3.8, 4) is 0 Å². The minimum absolute atomic E-state index is 0.0369. The molecule has 0 radical (unpaired) electrons. The second-order valence-corrected chi connectivity index (χ2v) is 5.47. The second-order valence-electron chi connectivity index (χ2n) is 5.47. The molecule has 0 aliphatic heterocycles. The van der Waals surface area contributed by atoms with Crippen LogP contribution in [0.5, 0.6) is 0 Å². The molecule has 4 heteroatoms. The maximum absolute atomic E-state index is 11.6. The van der Waals surface area contributed by atoms with Crippen molar-refractivity contribution in [3.63, 3.8) is 0 Å². The fourth-order valence-corrected chi connectivity index (χ4v) is 1.51. The van der Waals surface area contributed by atoms with Crippen LogP contribution in [0.1, 0.15) is 47.5 Å². The summed E-state index contributed by atoms with van der Waals surface area (Å²) < 4.78 is 0. The number of rotatable bonds is 5. The predicted octanol–water partition coefficient (Wildman–Crippen LogP) is 1.85. The van der Waals surface area contributed by atoms with Crippen LogP contribution in [0.2, 0.25) is 0 Å². The number of urea groups is 1. The van der Waals surface area contributed by atoms with E-state index in [2.05, 4.69) is 24.5 Å². The third kappa shape index (κ3) is 5.35. The summed E-state index contributed by atoms with van der Waals surface area (Å²) in [4.78, 5) is 11.6. The molecule has 0 atom stereocenters. The lowest BCUT2D eigenvalue weighted by Gasteiger charge is -2.31. The average molecular weight is 229 g/mol. The predicted molar refractivity (Wildman–Crippen MR) is 68.4 cm³/mol. The third-order valence-corrected chi connectivity index (χ3v) is 3.05.